The number of methoxy groups -OCH3 is 1. The number of benzene rings is 2. The number of amides is 1. The van der Waals surface area contributed by atoms with Crippen LogP contribution in [0.3, 0.4) is 0 Å². The van der Waals surface area contributed by atoms with Crippen LogP contribution in [0.25, 0.3) is 5.69 Å². The van der Waals surface area contributed by atoms with Gasteiger partial charge in [-0.2, -0.15) is 5.10 Å². The zero-order valence-corrected chi connectivity index (χ0v) is 23.6. The van der Waals surface area contributed by atoms with Crippen molar-refractivity contribution < 1.29 is 23.4 Å². The summed E-state index contributed by atoms with van der Waals surface area (Å²) in [4.78, 5) is 12.6. The highest BCUT2D eigenvalue weighted by Crippen LogP contribution is 2.36. The van der Waals surface area contributed by atoms with Gasteiger partial charge in [-0.3, -0.25) is 4.79 Å². The predicted molar refractivity (Wildman–Crippen MR) is 152 cm³/mol. The van der Waals surface area contributed by atoms with E-state index < -0.39 is 11.5 Å². The molecule has 0 radical (unpaired) electrons. The van der Waals surface area contributed by atoms with Gasteiger partial charge in [0.05, 0.1) is 13.3 Å². The molecule has 1 amide bonds. The van der Waals surface area contributed by atoms with Crippen LogP contribution in [0, 0.1) is 13.8 Å². The number of carbonyl (C=O) groups excluding carboxylic acids is 1. The maximum atomic E-state index is 12.6. The molecule has 0 bridgehead atoms. The van der Waals surface area contributed by atoms with E-state index in [0.717, 1.165) is 17.1 Å². The first kappa shape index (κ1) is 27.9. The Hall–Kier alpha value is -4.17. The van der Waals surface area contributed by atoms with Crippen LogP contribution < -0.4 is 19.6 Å². The lowest BCUT2D eigenvalue weighted by Crippen LogP contribution is -2.24. The van der Waals surface area contributed by atoms with Crippen LogP contribution in [0.2, 0.25) is 5.02 Å². The monoisotopic (exact) mass is 549 g/mol. The number of hydrazone groups is 1. The number of furan rings is 1. The van der Waals surface area contributed by atoms with Crippen molar-refractivity contribution in [3.05, 3.63) is 94.2 Å². The molecule has 0 aliphatic carbocycles. The lowest BCUT2D eigenvalue weighted by Gasteiger charge is -2.24. The highest BCUT2D eigenvalue weighted by Gasteiger charge is 2.19. The van der Waals surface area contributed by atoms with Gasteiger partial charge >= 0.3 is 5.91 Å². The third kappa shape index (κ3) is 7.03. The second-order valence-electron chi connectivity index (χ2n) is 9.94. The van der Waals surface area contributed by atoms with Crippen molar-refractivity contribution >= 4 is 23.7 Å². The van der Waals surface area contributed by atoms with E-state index in [1.807, 2.05) is 45.0 Å². The summed E-state index contributed by atoms with van der Waals surface area (Å²) in [6.45, 7) is 10.1. The van der Waals surface area contributed by atoms with Crippen molar-refractivity contribution in [2.24, 2.45) is 5.10 Å². The molecule has 0 spiro atoms. The van der Waals surface area contributed by atoms with Gasteiger partial charge in [0.15, 0.2) is 17.3 Å². The highest BCUT2D eigenvalue weighted by molar-refractivity contribution is 6.31. The van der Waals surface area contributed by atoms with E-state index in [1.165, 1.54) is 13.3 Å². The Morgan fingerprint density at radius 3 is 2.38 bits per heavy atom. The van der Waals surface area contributed by atoms with Gasteiger partial charge in [0.25, 0.3) is 0 Å². The van der Waals surface area contributed by atoms with Crippen molar-refractivity contribution in [2.45, 2.75) is 46.8 Å². The van der Waals surface area contributed by atoms with E-state index in [4.69, 9.17) is 30.2 Å². The van der Waals surface area contributed by atoms with E-state index in [-0.39, 0.29) is 12.4 Å². The summed E-state index contributed by atoms with van der Waals surface area (Å²) >= 11 is 6.22. The Bertz CT molecular complexity index is 1460. The second kappa shape index (κ2) is 11.7. The summed E-state index contributed by atoms with van der Waals surface area (Å²) in [6.07, 6.45) is 1.45. The van der Waals surface area contributed by atoms with Crippen molar-refractivity contribution in [1.82, 2.24) is 9.99 Å². The molecule has 0 saturated carbocycles. The number of nitrogens with one attached hydrogen (secondary N) is 1. The first-order valence-corrected chi connectivity index (χ1v) is 12.8. The molecule has 0 fully saturated rings. The Morgan fingerprint density at radius 2 is 1.74 bits per heavy atom. The standard InChI is InChI=1S/C30H32ClN3O5/c1-19-7-8-20(2)34(19)23-9-11-24(12-10-23)37-18-25-13-14-26(38-25)29(35)33-32-17-21-15-22(31)16-27(36-6)28(21)39-30(3,4)5/h7-17H,18H2,1-6H3,(H,33,35). The van der Waals surface area contributed by atoms with Gasteiger partial charge in [-0.05, 0) is 89.2 Å². The van der Waals surface area contributed by atoms with Crippen LogP contribution in [0.15, 0.2) is 70.2 Å². The highest BCUT2D eigenvalue weighted by atomic mass is 35.5. The predicted octanol–water partition coefficient (Wildman–Crippen LogP) is 6.87. The molecule has 0 saturated heterocycles. The average molecular weight is 550 g/mol. The normalized spacial score (nSPS) is 11.6. The largest absolute Gasteiger partial charge is 0.493 e. The fourth-order valence-corrected chi connectivity index (χ4v) is 4.18. The van der Waals surface area contributed by atoms with Crippen LogP contribution in [-0.4, -0.2) is 29.4 Å². The van der Waals surface area contributed by atoms with Gasteiger partial charge in [-0.25, -0.2) is 5.43 Å². The smallest absolute Gasteiger partial charge is 0.307 e. The lowest BCUT2D eigenvalue weighted by atomic mass is 10.1. The zero-order valence-electron chi connectivity index (χ0n) is 22.9. The lowest BCUT2D eigenvalue weighted by molar-refractivity contribution is 0.0923. The molecular formula is C30H32ClN3O5. The number of hydrogen-bond acceptors (Lipinski definition) is 6. The molecule has 2 aromatic heterocycles. The molecule has 4 rings (SSSR count). The first-order chi connectivity index (χ1) is 18.5. The minimum Gasteiger partial charge on any atom is -0.493 e. The Morgan fingerprint density at radius 1 is 1.05 bits per heavy atom. The van der Waals surface area contributed by atoms with Crippen LogP contribution in [0.4, 0.5) is 0 Å². The fourth-order valence-electron chi connectivity index (χ4n) is 3.97. The van der Waals surface area contributed by atoms with E-state index in [0.29, 0.717) is 33.6 Å². The fraction of sp³-hybridized carbons (Fsp3) is 0.267. The molecule has 0 atom stereocenters. The van der Waals surface area contributed by atoms with E-state index in [1.54, 1.807) is 24.3 Å². The van der Waals surface area contributed by atoms with Crippen molar-refractivity contribution in [3.8, 4) is 22.9 Å². The summed E-state index contributed by atoms with van der Waals surface area (Å²) in [7, 11) is 1.53. The summed E-state index contributed by atoms with van der Waals surface area (Å²) in [5.74, 6) is 1.73. The molecule has 9 heteroatoms. The number of halogens is 1. The number of hydrogen-bond donors (Lipinski definition) is 1. The summed E-state index contributed by atoms with van der Waals surface area (Å²) < 4.78 is 25.1. The third-order valence-corrected chi connectivity index (χ3v) is 5.90. The second-order valence-corrected chi connectivity index (χ2v) is 10.4. The van der Waals surface area contributed by atoms with E-state index in [9.17, 15) is 4.79 Å². The van der Waals surface area contributed by atoms with E-state index >= 15 is 0 Å². The van der Waals surface area contributed by atoms with Crippen LogP contribution in [0.5, 0.6) is 17.2 Å². The molecular weight excluding hydrogens is 518 g/mol. The van der Waals surface area contributed by atoms with Gasteiger partial charge in [0.2, 0.25) is 0 Å². The summed E-state index contributed by atoms with van der Waals surface area (Å²) in [5.41, 5.74) is 5.93. The Kier molecular flexibility index (Phi) is 8.35. The number of ether oxygens (including phenoxy) is 3. The number of aryl methyl sites for hydroxylation is 2. The van der Waals surface area contributed by atoms with Gasteiger partial charge < -0.3 is 23.2 Å². The topological polar surface area (TPSA) is 87.2 Å². The molecule has 1 N–H and O–H groups in total. The zero-order chi connectivity index (χ0) is 28.2. The molecule has 39 heavy (non-hydrogen) atoms. The Labute approximate surface area is 233 Å². The SMILES string of the molecule is COc1cc(Cl)cc(C=NNC(=O)c2ccc(COc3ccc(-n4c(C)ccc4C)cc3)o2)c1OC(C)(C)C. The molecule has 4 aromatic rings. The van der Waals surface area contributed by atoms with Gasteiger partial charge in [0.1, 0.15) is 23.7 Å². The number of rotatable bonds is 9. The minimum atomic E-state index is -0.508. The summed E-state index contributed by atoms with van der Waals surface area (Å²) in [5, 5.41) is 4.50. The first-order valence-electron chi connectivity index (χ1n) is 12.4. The molecule has 8 nitrogen and oxygen atoms in total. The van der Waals surface area contributed by atoms with Crippen LogP contribution in [-0.2, 0) is 6.61 Å². The van der Waals surface area contributed by atoms with Crippen LogP contribution in [0.1, 0.15) is 54.0 Å². The maximum absolute atomic E-state index is 12.6. The minimum absolute atomic E-state index is 0.106. The van der Waals surface area contributed by atoms with Crippen LogP contribution >= 0.6 is 11.6 Å². The molecule has 0 aliphatic heterocycles. The molecule has 204 valence electrons. The summed E-state index contributed by atoms with van der Waals surface area (Å²) in [6, 6.07) is 18.6. The quantitative estimate of drug-likeness (QED) is 0.182. The van der Waals surface area contributed by atoms with Crippen molar-refractivity contribution in [1.29, 1.82) is 0 Å². The Balaban J connectivity index is 1.37. The van der Waals surface area contributed by atoms with Gasteiger partial charge in [0, 0.05) is 33.7 Å². The van der Waals surface area contributed by atoms with Gasteiger partial charge in [-0.15, -0.1) is 0 Å². The number of aromatic nitrogens is 1. The number of nitrogens with zero attached hydrogens (tertiary/aromatic N) is 2. The van der Waals surface area contributed by atoms with E-state index in [2.05, 4.69) is 41.1 Å². The maximum Gasteiger partial charge on any atom is 0.307 e. The van der Waals surface area contributed by atoms with Crippen molar-refractivity contribution in [3.63, 3.8) is 0 Å². The average Bonchev–Trinajstić information content (AvgIpc) is 3.50. The van der Waals surface area contributed by atoms with Gasteiger partial charge in [-0.1, -0.05) is 11.6 Å². The third-order valence-electron chi connectivity index (χ3n) is 5.68. The van der Waals surface area contributed by atoms with Crippen molar-refractivity contribution in [2.75, 3.05) is 7.11 Å². The molecule has 0 aliphatic rings. The molecule has 2 aromatic carbocycles. The molecule has 0 unspecified atom stereocenters. The number of carbonyl (C=O) groups is 1. The molecule has 2 heterocycles.